The van der Waals surface area contributed by atoms with Crippen LogP contribution in [0.15, 0.2) is 17.7 Å². The van der Waals surface area contributed by atoms with E-state index in [0.717, 1.165) is 6.42 Å². The molecular weight excluding hydrogens is 355 g/mol. The minimum absolute atomic E-state index is 0. The Labute approximate surface area is 157 Å². The summed E-state index contributed by atoms with van der Waals surface area (Å²) in [6.45, 7) is 11.9. The number of allylic oxidation sites excluding steroid dienone is 4. The maximum atomic E-state index is 9.53. The van der Waals surface area contributed by atoms with E-state index in [9.17, 15) is 15.3 Å². The second-order valence-electron chi connectivity index (χ2n) is 5.56. The molecule has 0 unspecified atom stereocenters. The molecule has 1 aliphatic rings. The number of hydrogen-bond donors (Lipinski definition) is 0. The van der Waals surface area contributed by atoms with Gasteiger partial charge in [0.05, 0.1) is 0 Å². The smallest absolute Gasteiger partial charge is 0.852 e. The summed E-state index contributed by atoms with van der Waals surface area (Å²) in [4.78, 5) is 0. The average molecular weight is 390 g/mol. The average Bonchev–Trinajstić information content (AvgIpc) is 2.76. The van der Waals surface area contributed by atoms with Crippen molar-refractivity contribution >= 4 is 0 Å². The Morgan fingerprint density at radius 1 is 0.955 bits per heavy atom. The van der Waals surface area contributed by atoms with Crippen molar-refractivity contribution < 1.29 is 41.5 Å². The summed E-state index contributed by atoms with van der Waals surface area (Å²) in [5, 5.41) is 28.6. The molecule has 0 atom stereocenters. The van der Waals surface area contributed by atoms with E-state index < -0.39 is 18.3 Å². The number of unbranched alkanes of at least 4 members (excludes halogenated alkanes) is 1. The van der Waals surface area contributed by atoms with Crippen molar-refractivity contribution in [1.82, 2.24) is 0 Å². The summed E-state index contributed by atoms with van der Waals surface area (Å²) in [6.07, 6.45) is 11.3. The second kappa shape index (κ2) is 23.5. The van der Waals surface area contributed by atoms with Crippen LogP contribution in [0, 0.1) is 6.08 Å². The molecule has 22 heavy (non-hydrogen) atoms. The van der Waals surface area contributed by atoms with Crippen molar-refractivity contribution in [2.24, 2.45) is 0 Å². The van der Waals surface area contributed by atoms with Crippen LogP contribution in [0.1, 0.15) is 74.1 Å². The van der Waals surface area contributed by atoms with E-state index in [1.54, 1.807) is 41.5 Å². The Hall–Kier alpha value is 0.243. The Morgan fingerprint density at radius 3 is 1.55 bits per heavy atom. The maximum absolute atomic E-state index is 9.53. The summed E-state index contributed by atoms with van der Waals surface area (Å²) >= 11 is 0. The predicted molar refractivity (Wildman–Crippen MR) is 85.4 cm³/mol. The largest absolute Gasteiger partial charge is 4.00 e. The SMILES string of the molecule is CC(C)[O-].CC(C)[O-].CC(C)[O-].CCCCC1=[C-]CC=C1.[Zr+4]. The van der Waals surface area contributed by atoms with E-state index in [2.05, 4.69) is 25.2 Å². The zero-order valence-electron chi connectivity index (χ0n) is 15.4. The monoisotopic (exact) mass is 388 g/mol. The molecule has 0 N–H and O–H groups in total. The summed E-state index contributed by atoms with van der Waals surface area (Å²) in [6, 6.07) is 0. The van der Waals surface area contributed by atoms with E-state index >= 15 is 0 Å². The quantitative estimate of drug-likeness (QED) is 0.694. The van der Waals surface area contributed by atoms with Crippen LogP contribution in [0.4, 0.5) is 0 Å². The molecule has 0 spiro atoms. The van der Waals surface area contributed by atoms with E-state index in [1.165, 1.54) is 24.8 Å². The first-order chi connectivity index (χ1) is 9.63. The van der Waals surface area contributed by atoms with Crippen molar-refractivity contribution in [3.63, 3.8) is 0 Å². The summed E-state index contributed by atoms with van der Waals surface area (Å²) < 4.78 is 0. The van der Waals surface area contributed by atoms with E-state index in [4.69, 9.17) is 0 Å². The van der Waals surface area contributed by atoms with Crippen molar-refractivity contribution in [1.29, 1.82) is 0 Å². The fourth-order valence-corrected chi connectivity index (χ4v) is 0.989. The van der Waals surface area contributed by atoms with Gasteiger partial charge in [-0.05, 0) is 0 Å². The zero-order chi connectivity index (χ0) is 17.3. The van der Waals surface area contributed by atoms with Crippen molar-refractivity contribution in [3.05, 3.63) is 23.8 Å². The minimum Gasteiger partial charge on any atom is -0.852 e. The van der Waals surface area contributed by atoms with Crippen LogP contribution in [0.2, 0.25) is 0 Å². The summed E-state index contributed by atoms with van der Waals surface area (Å²) in [5.41, 5.74) is 1.41. The second-order valence-corrected chi connectivity index (χ2v) is 5.56. The molecule has 4 heteroatoms. The van der Waals surface area contributed by atoms with Gasteiger partial charge in [-0.25, -0.2) is 11.6 Å². The minimum atomic E-state index is -0.417. The molecule has 0 saturated heterocycles. The molecule has 1 aliphatic carbocycles. The van der Waals surface area contributed by atoms with Gasteiger partial charge in [0.1, 0.15) is 0 Å². The third kappa shape index (κ3) is 59.3. The molecule has 0 saturated carbocycles. The van der Waals surface area contributed by atoms with Crippen LogP contribution in [0.5, 0.6) is 0 Å². The van der Waals surface area contributed by atoms with Crippen molar-refractivity contribution in [2.45, 2.75) is 92.5 Å². The molecule has 0 aromatic rings. The summed E-state index contributed by atoms with van der Waals surface area (Å²) in [5.74, 6) is 0. The molecule has 0 radical (unpaired) electrons. The van der Waals surface area contributed by atoms with Gasteiger partial charge in [0, 0.05) is 0 Å². The third-order valence-corrected chi connectivity index (χ3v) is 1.57. The van der Waals surface area contributed by atoms with Gasteiger partial charge in [-0.15, -0.1) is 24.7 Å². The Bertz CT molecular complexity index is 224. The molecular formula is C18H34O3Zr. The van der Waals surface area contributed by atoms with Crippen LogP contribution < -0.4 is 15.3 Å². The first-order valence-corrected chi connectivity index (χ1v) is 7.87. The van der Waals surface area contributed by atoms with Gasteiger partial charge in [-0.1, -0.05) is 67.7 Å². The van der Waals surface area contributed by atoms with Crippen LogP contribution in [0.25, 0.3) is 0 Å². The fraction of sp³-hybridized carbons (Fsp3) is 0.778. The Balaban J connectivity index is -0.000000107. The van der Waals surface area contributed by atoms with E-state index in [0.29, 0.717) is 0 Å². The molecule has 1 rings (SSSR count). The first kappa shape index (κ1) is 30.2. The molecule has 0 aliphatic heterocycles. The molecule has 0 heterocycles. The van der Waals surface area contributed by atoms with Gasteiger partial charge in [0.15, 0.2) is 0 Å². The molecule has 0 amide bonds. The standard InChI is InChI=1S/C9H13.3C3H7O.Zr/c1-2-3-6-9-7-4-5-8-9;3*1-3(2)4;/h4,7H,2-3,5-6H2,1H3;3*3H,1-2H3;/q4*-1;+4. The molecule has 0 aromatic carbocycles. The Morgan fingerprint density at radius 2 is 1.32 bits per heavy atom. The maximum Gasteiger partial charge on any atom is 4.00 e. The number of rotatable bonds is 3. The van der Waals surface area contributed by atoms with Crippen LogP contribution in [0.3, 0.4) is 0 Å². The van der Waals surface area contributed by atoms with Gasteiger partial charge in [-0.2, -0.15) is 6.08 Å². The molecule has 0 fully saturated rings. The molecule has 0 aromatic heterocycles. The van der Waals surface area contributed by atoms with Gasteiger partial charge in [-0.3, -0.25) is 6.08 Å². The van der Waals surface area contributed by atoms with Gasteiger partial charge in [0.25, 0.3) is 0 Å². The van der Waals surface area contributed by atoms with E-state index in [1.807, 2.05) is 0 Å². The van der Waals surface area contributed by atoms with Gasteiger partial charge in [0.2, 0.25) is 0 Å². The molecule has 3 nitrogen and oxygen atoms in total. The van der Waals surface area contributed by atoms with Gasteiger partial charge >= 0.3 is 26.2 Å². The van der Waals surface area contributed by atoms with Crippen LogP contribution in [-0.4, -0.2) is 18.3 Å². The van der Waals surface area contributed by atoms with Gasteiger partial charge < -0.3 is 15.3 Å². The van der Waals surface area contributed by atoms with Crippen molar-refractivity contribution in [3.8, 4) is 0 Å². The van der Waals surface area contributed by atoms with E-state index in [-0.39, 0.29) is 26.2 Å². The summed E-state index contributed by atoms with van der Waals surface area (Å²) in [7, 11) is 0. The number of hydrogen-bond acceptors (Lipinski definition) is 3. The molecule has 128 valence electrons. The Kier molecular flexibility index (Phi) is 32.2. The molecule has 0 bridgehead atoms. The zero-order valence-corrected chi connectivity index (χ0v) is 17.9. The predicted octanol–water partition coefficient (Wildman–Crippen LogP) is 2.13. The topological polar surface area (TPSA) is 69.2 Å². The first-order valence-electron chi connectivity index (χ1n) is 7.87. The van der Waals surface area contributed by atoms with Crippen LogP contribution >= 0.6 is 0 Å². The van der Waals surface area contributed by atoms with Crippen LogP contribution in [-0.2, 0) is 26.2 Å². The fourth-order valence-electron chi connectivity index (χ4n) is 0.989. The third-order valence-electron chi connectivity index (χ3n) is 1.57. The van der Waals surface area contributed by atoms with Crippen molar-refractivity contribution in [2.75, 3.05) is 0 Å². The normalized spacial score (nSPS) is 11.6.